The number of aryl methyl sites for hydroxylation is 1. The molecule has 0 spiro atoms. The van der Waals surface area contributed by atoms with Gasteiger partial charge in [-0.3, -0.25) is 19.2 Å². The maximum atomic E-state index is 14.2. The third kappa shape index (κ3) is 12.1. The second-order valence-corrected chi connectivity index (χ2v) is 15.6. The summed E-state index contributed by atoms with van der Waals surface area (Å²) >= 11 is 0. The zero-order valence-electron chi connectivity index (χ0n) is 34.1. The van der Waals surface area contributed by atoms with E-state index in [9.17, 15) is 29.1 Å². The SMILES string of the molecule is CC[C@H](C)[C@H](NC(=O)OCC1c2ccccc2-c2ccccc21)C(=O)N[C@@H](CCCCc1cn[nH]n1)C(=O)N[C@@H](Cc1ccc(O)cc1)C(=O)N[C@@H](CC(C)C)C(N)=O. The Labute approximate surface area is 344 Å². The summed E-state index contributed by atoms with van der Waals surface area (Å²) in [6.07, 6.45) is 3.56. The molecular formula is C44H56N8O7. The van der Waals surface area contributed by atoms with Crippen LogP contribution in [0.4, 0.5) is 4.79 Å². The van der Waals surface area contributed by atoms with Gasteiger partial charge >= 0.3 is 6.09 Å². The molecule has 1 aliphatic carbocycles. The minimum absolute atomic E-state index is 0.0106. The fourth-order valence-corrected chi connectivity index (χ4v) is 7.34. The summed E-state index contributed by atoms with van der Waals surface area (Å²) in [5.74, 6) is -3.02. The van der Waals surface area contributed by atoms with Gasteiger partial charge in [-0.2, -0.15) is 15.4 Å². The molecule has 0 aliphatic heterocycles. The van der Waals surface area contributed by atoms with Gasteiger partial charge in [0, 0.05) is 12.3 Å². The van der Waals surface area contributed by atoms with Crippen LogP contribution in [0.1, 0.15) is 88.1 Å². The molecule has 0 bridgehead atoms. The van der Waals surface area contributed by atoms with Gasteiger partial charge in [0.05, 0.1) is 11.9 Å². The van der Waals surface area contributed by atoms with Crippen molar-refractivity contribution in [3.05, 3.63) is 101 Å². The number of H-pyrrole nitrogens is 1. The Morgan fingerprint density at radius 3 is 2.00 bits per heavy atom. The van der Waals surface area contributed by atoms with Gasteiger partial charge in [0.1, 0.15) is 36.5 Å². The van der Waals surface area contributed by atoms with Crippen molar-refractivity contribution in [3.63, 3.8) is 0 Å². The van der Waals surface area contributed by atoms with Crippen molar-refractivity contribution in [2.24, 2.45) is 17.6 Å². The highest BCUT2D eigenvalue weighted by Gasteiger charge is 2.34. The molecule has 0 saturated heterocycles. The minimum atomic E-state index is -1.18. The molecule has 0 radical (unpaired) electrons. The van der Waals surface area contributed by atoms with Crippen LogP contribution in [0.15, 0.2) is 79.0 Å². The van der Waals surface area contributed by atoms with Crippen molar-refractivity contribution < 1.29 is 33.8 Å². The Hall–Kier alpha value is -6.25. The molecule has 59 heavy (non-hydrogen) atoms. The summed E-state index contributed by atoms with van der Waals surface area (Å²) in [6.45, 7) is 7.56. The van der Waals surface area contributed by atoms with Crippen LogP contribution in [0.3, 0.4) is 0 Å². The molecule has 0 saturated carbocycles. The number of primary amides is 1. The molecule has 15 nitrogen and oxygen atoms in total. The number of unbranched alkanes of at least 4 members (excludes halogenated alkanes) is 1. The first-order chi connectivity index (χ1) is 28.3. The molecule has 1 aliphatic rings. The van der Waals surface area contributed by atoms with Gasteiger partial charge in [0.25, 0.3) is 0 Å². The fourth-order valence-electron chi connectivity index (χ4n) is 7.34. The van der Waals surface area contributed by atoms with Crippen LogP contribution >= 0.6 is 0 Å². The number of phenolic OH excluding ortho intramolecular Hbond substituents is 1. The Bertz CT molecular complexity index is 1990. The summed E-state index contributed by atoms with van der Waals surface area (Å²) in [4.78, 5) is 67.8. The van der Waals surface area contributed by atoms with Crippen molar-refractivity contribution in [3.8, 4) is 16.9 Å². The number of fused-ring (bicyclic) bond motifs is 3. The number of ether oxygens (including phenoxy) is 1. The molecule has 1 heterocycles. The summed E-state index contributed by atoms with van der Waals surface area (Å²) in [7, 11) is 0. The topological polar surface area (TPSA) is 231 Å². The zero-order chi connectivity index (χ0) is 42.5. The van der Waals surface area contributed by atoms with Gasteiger partial charge in [-0.05, 0) is 77.5 Å². The molecule has 3 aromatic carbocycles. The van der Waals surface area contributed by atoms with E-state index in [0.29, 0.717) is 37.7 Å². The molecule has 5 atom stereocenters. The number of nitrogens with one attached hydrogen (secondary N) is 5. The smallest absolute Gasteiger partial charge is 0.407 e. The van der Waals surface area contributed by atoms with Crippen molar-refractivity contribution >= 4 is 29.7 Å². The lowest BCUT2D eigenvalue weighted by Gasteiger charge is -2.28. The maximum absolute atomic E-state index is 14.2. The van der Waals surface area contributed by atoms with E-state index in [1.807, 2.05) is 76.2 Å². The van der Waals surface area contributed by atoms with E-state index in [-0.39, 0.29) is 43.0 Å². The van der Waals surface area contributed by atoms with Gasteiger partial charge < -0.3 is 36.8 Å². The summed E-state index contributed by atoms with van der Waals surface area (Å²) in [5.41, 5.74) is 11.3. The molecule has 5 amide bonds. The highest BCUT2D eigenvalue weighted by Crippen LogP contribution is 2.44. The molecule has 0 fully saturated rings. The van der Waals surface area contributed by atoms with Gasteiger partial charge in [0.15, 0.2) is 0 Å². The molecule has 8 N–H and O–H groups in total. The first-order valence-corrected chi connectivity index (χ1v) is 20.3. The van der Waals surface area contributed by atoms with Crippen molar-refractivity contribution in [1.29, 1.82) is 0 Å². The number of carbonyl (C=O) groups excluding carboxylic acids is 5. The fraction of sp³-hybridized carbons (Fsp3) is 0.432. The summed E-state index contributed by atoms with van der Waals surface area (Å²) in [6, 6.07) is 17.8. The van der Waals surface area contributed by atoms with Crippen LogP contribution in [0, 0.1) is 11.8 Å². The number of aromatic nitrogens is 3. The van der Waals surface area contributed by atoms with E-state index in [1.165, 1.54) is 12.1 Å². The van der Waals surface area contributed by atoms with Crippen LogP contribution < -0.4 is 27.0 Å². The van der Waals surface area contributed by atoms with E-state index in [4.69, 9.17) is 10.5 Å². The molecule has 1 aromatic heterocycles. The third-order valence-corrected chi connectivity index (χ3v) is 10.8. The van der Waals surface area contributed by atoms with E-state index < -0.39 is 53.9 Å². The second kappa shape index (κ2) is 21.0. The number of alkyl carbamates (subject to hydrolysis) is 1. The predicted octanol–water partition coefficient (Wildman–Crippen LogP) is 4.41. The summed E-state index contributed by atoms with van der Waals surface area (Å²) < 4.78 is 5.78. The molecule has 314 valence electrons. The van der Waals surface area contributed by atoms with Gasteiger partial charge in [0.2, 0.25) is 23.6 Å². The van der Waals surface area contributed by atoms with E-state index in [0.717, 1.165) is 27.9 Å². The number of hydrogen-bond acceptors (Lipinski definition) is 9. The molecule has 0 unspecified atom stereocenters. The number of nitrogens with zero attached hydrogens (tertiary/aromatic N) is 2. The lowest BCUT2D eigenvalue weighted by Crippen LogP contribution is -2.59. The largest absolute Gasteiger partial charge is 0.508 e. The Kier molecular flexibility index (Phi) is 15.6. The average molecular weight is 809 g/mol. The summed E-state index contributed by atoms with van der Waals surface area (Å²) in [5, 5.41) is 31.5. The highest BCUT2D eigenvalue weighted by atomic mass is 16.5. The zero-order valence-corrected chi connectivity index (χ0v) is 34.1. The number of aromatic amines is 1. The quantitative estimate of drug-likeness (QED) is 0.0591. The molecule has 15 heteroatoms. The maximum Gasteiger partial charge on any atom is 0.407 e. The van der Waals surface area contributed by atoms with Crippen molar-refractivity contribution in [1.82, 2.24) is 36.7 Å². The Balaban J connectivity index is 1.32. The van der Waals surface area contributed by atoms with Crippen molar-refractivity contribution in [2.45, 2.75) is 103 Å². The number of rotatable bonds is 21. The van der Waals surface area contributed by atoms with E-state index in [1.54, 1.807) is 18.3 Å². The third-order valence-electron chi connectivity index (χ3n) is 10.8. The minimum Gasteiger partial charge on any atom is -0.508 e. The number of aromatic hydroxyl groups is 1. The van der Waals surface area contributed by atoms with Crippen molar-refractivity contribution in [2.75, 3.05) is 6.61 Å². The first-order valence-electron chi connectivity index (χ1n) is 20.3. The van der Waals surface area contributed by atoms with E-state index in [2.05, 4.69) is 36.7 Å². The number of hydrogen-bond donors (Lipinski definition) is 7. The molecule has 5 rings (SSSR count). The molecule has 4 aromatic rings. The number of carbonyl (C=O) groups is 5. The van der Waals surface area contributed by atoms with Gasteiger partial charge in [-0.1, -0.05) is 101 Å². The Morgan fingerprint density at radius 2 is 1.41 bits per heavy atom. The van der Waals surface area contributed by atoms with Crippen LogP contribution in [-0.4, -0.2) is 81.0 Å². The van der Waals surface area contributed by atoms with Crippen LogP contribution in [0.5, 0.6) is 5.75 Å². The monoisotopic (exact) mass is 808 g/mol. The van der Waals surface area contributed by atoms with E-state index >= 15 is 0 Å². The van der Waals surface area contributed by atoms with Crippen LogP contribution in [0.25, 0.3) is 11.1 Å². The van der Waals surface area contributed by atoms with Crippen LogP contribution in [-0.2, 0) is 36.8 Å². The standard InChI is InChI=1S/C44H56N8O7/c1-5-27(4)39(50-44(58)59-25-35-33-15-9-7-13-31(33)32-14-8-10-16-34(32)35)43(57)47-36(17-11-6-12-29-24-46-52-51-29)41(55)49-38(23-28-18-20-30(53)21-19-28)42(56)48-37(40(45)54)22-26(2)3/h7-10,13-16,18-21,24,26-27,35-39,53H,5-6,11-12,17,22-23,25H2,1-4H3,(H2,45,54)(H,47,57)(H,48,56)(H,49,55)(H,50,58)(H,46,51,52)/t27-,36-,37-,38-,39-/m0/s1. The predicted molar refractivity (Wildman–Crippen MR) is 222 cm³/mol. The normalized spacial score (nSPS) is 14.5. The second-order valence-electron chi connectivity index (χ2n) is 15.6. The van der Waals surface area contributed by atoms with Crippen LogP contribution in [0.2, 0.25) is 0 Å². The highest BCUT2D eigenvalue weighted by molar-refractivity contribution is 5.95. The number of amides is 5. The number of nitrogens with two attached hydrogens (primary N) is 1. The lowest BCUT2D eigenvalue weighted by molar-refractivity contribution is -0.134. The average Bonchev–Trinajstić information content (AvgIpc) is 3.86. The van der Waals surface area contributed by atoms with Gasteiger partial charge in [-0.15, -0.1) is 0 Å². The first kappa shape index (κ1) is 43.9. The van der Waals surface area contributed by atoms with Gasteiger partial charge in [-0.25, -0.2) is 4.79 Å². The number of phenols is 1. The lowest BCUT2D eigenvalue weighted by atomic mass is 9.97. The molecular weight excluding hydrogens is 753 g/mol. The Morgan fingerprint density at radius 1 is 0.797 bits per heavy atom. The number of benzene rings is 3.